The summed E-state index contributed by atoms with van der Waals surface area (Å²) >= 11 is 0. The summed E-state index contributed by atoms with van der Waals surface area (Å²) in [5.74, 6) is 0. The van der Waals surface area contributed by atoms with Gasteiger partial charge in [0.1, 0.15) is 24.4 Å². The highest BCUT2D eigenvalue weighted by atomic mass is 16.7. The van der Waals surface area contributed by atoms with Crippen LogP contribution in [0.3, 0.4) is 0 Å². The number of hydrogen-bond acceptors (Lipinski definition) is 6. The second-order valence-corrected chi connectivity index (χ2v) is 8.70. The van der Waals surface area contributed by atoms with E-state index in [0.717, 1.165) is 36.8 Å². The van der Waals surface area contributed by atoms with E-state index in [1.54, 1.807) is 0 Å². The lowest BCUT2D eigenvalue weighted by atomic mass is 9.98. The maximum Gasteiger partial charge on any atom is 0.184 e. The molecule has 5 atom stereocenters. The molecule has 1 N–H and O–H groups in total. The lowest BCUT2D eigenvalue weighted by Crippen LogP contribution is -2.61. The first-order valence-corrected chi connectivity index (χ1v) is 12.6. The summed E-state index contributed by atoms with van der Waals surface area (Å²) in [6.45, 7) is 6.57. The van der Waals surface area contributed by atoms with Crippen LogP contribution in [0.25, 0.3) is 0 Å². The molecule has 0 aromatic heterocycles. The highest BCUT2D eigenvalue weighted by Crippen LogP contribution is 2.29. The quantitative estimate of drug-likeness (QED) is 0.373. The van der Waals surface area contributed by atoms with Gasteiger partial charge >= 0.3 is 0 Å². The van der Waals surface area contributed by atoms with Gasteiger partial charge in [-0.3, -0.25) is 0 Å². The van der Waals surface area contributed by atoms with Gasteiger partial charge in [-0.2, -0.15) is 0 Å². The highest BCUT2D eigenvalue weighted by molar-refractivity contribution is 5.14. The molecular formula is C28H40O6. The lowest BCUT2D eigenvalue weighted by molar-refractivity contribution is -0.315. The number of aliphatic hydroxyl groups excluding tert-OH is 1. The molecule has 0 unspecified atom stereocenters. The molecule has 0 spiro atoms. The van der Waals surface area contributed by atoms with Crippen LogP contribution >= 0.6 is 0 Å². The summed E-state index contributed by atoms with van der Waals surface area (Å²) in [6.07, 6.45) is 0.792. The monoisotopic (exact) mass is 472 g/mol. The number of ether oxygens (including phenoxy) is 5. The number of benzene rings is 2. The van der Waals surface area contributed by atoms with Gasteiger partial charge in [0.2, 0.25) is 0 Å². The van der Waals surface area contributed by atoms with Crippen LogP contribution in [0.2, 0.25) is 0 Å². The van der Waals surface area contributed by atoms with Crippen LogP contribution in [0.5, 0.6) is 0 Å². The SMILES string of the molecule is CCCCOC[C@H]1O[C@H](O)[C@H](OCc2ccccc2)[C@@H](OCc2ccccc2)[C@@H]1OCCCC. The molecule has 1 saturated heterocycles. The standard InChI is InChI=1S/C28H40O6/c1-3-5-17-30-21-24-25(31-18-6-4-2)26(32-19-22-13-9-7-10-14-22)27(28(29)34-24)33-20-23-15-11-8-12-16-23/h7-16,24-29H,3-6,17-21H2,1-2H3/t24-,25-,26+,27-,28+/m1/s1. The number of rotatable bonds is 15. The van der Waals surface area contributed by atoms with Gasteiger partial charge < -0.3 is 28.8 Å². The van der Waals surface area contributed by atoms with Crippen molar-refractivity contribution in [2.75, 3.05) is 19.8 Å². The van der Waals surface area contributed by atoms with Crippen LogP contribution in [0.15, 0.2) is 60.7 Å². The molecule has 1 aliphatic rings. The van der Waals surface area contributed by atoms with Gasteiger partial charge in [-0.15, -0.1) is 0 Å². The van der Waals surface area contributed by atoms with Crippen LogP contribution in [0.1, 0.15) is 50.7 Å². The molecule has 2 aromatic rings. The first-order chi connectivity index (χ1) is 16.7. The fourth-order valence-electron chi connectivity index (χ4n) is 3.94. The number of hydrogen-bond donors (Lipinski definition) is 1. The zero-order chi connectivity index (χ0) is 24.0. The summed E-state index contributed by atoms with van der Waals surface area (Å²) in [6, 6.07) is 19.9. The van der Waals surface area contributed by atoms with Crippen LogP contribution < -0.4 is 0 Å². The maximum atomic E-state index is 10.9. The van der Waals surface area contributed by atoms with Gasteiger partial charge in [0.25, 0.3) is 0 Å². The Morgan fingerprint density at radius 3 is 1.85 bits per heavy atom. The van der Waals surface area contributed by atoms with E-state index in [2.05, 4.69) is 13.8 Å². The van der Waals surface area contributed by atoms with Crippen LogP contribution in [0, 0.1) is 0 Å². The molecule has 1 aliphatic heterocycles. The Labute approximate surface area is 204 Å². The summed E-state index contributed by atoms with van der Waals surface area (Å²) in [5.41, 5.74) is 2.07. The molecule has 6 nitrogen and oxygen atoms in total. The Morgan fingerprint density at radius 1 is 0.706 bits per heavy atom. The van der Waals surface area contributed by atoms with E-state index < -0.39 is 30.7 Å². The summed E-state index contributed by atoms with van der Waals surface area (Å²) in [7, 11) is 0. The van der Waals surface area contributed by atoms with Gasteiger partial charge in [0.05, 0.1) is 19.8 Å². The first kappa shape index (κ1) is 26.8. The van der Waals surface area contributed by atoms with Crippen molar-refractivity contribution in [3.63, 3.8) is 0 Å². The smallest absolute Gasteiger partial charge is 0.184 e. The predicted octanol–water partition coefficient (Wildman–Crippen LogP) is 4.88. The molecule has 1 heterocycles. The Bertz CT molecular complexity index is 771. The van der Waals surface area contributed by atoms with Gasteiger partial charge in [-0.1, -0.05) is 87.4 Å². The zero-order valence-corrected chi connectivity index (χ0v) is 20.5. The minimum atomic E-state index is -1.14. The summed E-state index contributed by atoms with van der Waals surface area (Å²) in [4.78, 5) is 0. The molecule has 1 fully saturated rings. The number of aliphatic hydroxyl groups is 1. The third-order valence-electron chi connectivity index (χ3n) is 5.91. The minimum Gasteiger partial charge on any atom is -0.379 e. The molecule has 3 rings (SSSR count). The van der Waals surface area contributed by atoms with Crippen LogP contribution in [-0.2, 0) is 36.9 Å². The highest BCUT2D eigenvalue weighted by Gasteiger charge is 2.47. The van der Waals surface area contributed by atoms with E-state index in [9.17, 15) is 5.11 Å². The van der Waals surface area contributed by atoms with E-state index in [1.807, 2.05) is 60.7 Å². The van der Waals surface area contributed by atoms with Crippen LogP contribution in [-0.4, -0.2) is 55.6 Å². The molecular weight excluding hydrogens is 432 g/mol. The molecule has 0 aliphatic carbocycles. The molecule has 0 amide bonds. The third-order valence-corrected chi connectivity index (χ3v) is 5.91. The largest absolute Gasteiger partial charge is 0.379 e. The minimum absolute atomic E-state index is 0.338. The average molecular weight is 473 g/mol. The molecule has 6 heteroatoms. The van der Waals surface area contributed by atoms with Gasteiger partial charge in [0.15, 0.2) is 6.29 Å². The lowest BCUT2D eigenvalue weighted by Gasteiger charge is -2.44. The first-order valence-electron chi connectivity index (χ1n) is 12.6. The second kappa shape index (κ2) is 15.2. The van der Waals surface area contributed by atoms with Crippen LogP contribution in [0.4, 0.5) is 0 Å². The molecule has 0 saturated carbocycles. The van der Waals surface area contributed by atoms with Gasteiger partial charge in [-0.25, -0.2) is 0 Å². The predicted molar refractivity (Wildman–Crippen MR) is 131 cm³/mol. The van der Waals surface area contributed by atoms with Crippen molar-refractivity contribution in [3.8, 4) is 0 Å². The van der Waals surface area contributed by atoms with Crippen molar-refractivity contribution in [1.82, 2.24) is 0 Å². The fraction of sp³-hybridized carbons (Fsp3) is 0.571. The van der Waals surface area contributed by atoms with Crippen molar-refractivity contribution in [3.05, 3.63) is 71.8 Å². The summed E-state index contributed by atoms with van der Waals surface area (Å²) < 4.78 is 30.7. The second-order valence-electron chi connectivity index (χ2n) is 8.70. The van der Waals surface area contributed by atoms with Crippen molar-refractivity contribution < 1.29 is 28.8 Å². The van der Waals surface area contributed by atoms with E-state index >= 15 is 0 Å². The normalized spacial score (nSPS) is 24.9. The topological polar surface area (TPSA) is 66.4 Å². The van der Waals surface area contributed by atoms with Crippen molar-refractivity contribution >= 4 is 0 Å². The fourth-order valence-corrected chi connectivity index (χ4v) is 3.94. The van der Waals surface area contributed by atoms with Gasteiger partial charge in [-0.05, 0) is 24.0 Å². The maximum absolute atomic E-state index is 10.9. The van der Waals surface area contributed by atoms with Gasteiger partial charge in [0, 0.05) is 13.2 Å². The molecule has 34 heavy (non-hydrogen) atoms. The molecule has 2 aromatic carbocycles. The molecule has 0 radical (unpaired) electrons. The Morgan fingerprint density at radius 2 is 1.26 bits per heavy atom. The third kappa shape index (κ3) is 8.45. The molecule has 0 bridgehead atoms. The summed E-state index contributed by atoms with van der Waals surface area (Å²) in [5, 5.41) is 10.9. The zero-order valence-electron chi connectivity index (χ0n) is 20.5. The average Bonchev–Trinajstić information content (AvgIpc) is 2.87. The van der Waals surface area contributed by atoms with E-state index in [1.165, 1.54) is 0 Å². The Kier molecular flexibility index (Phi) is 12.0. The Balaban J connectivity index is 1.76. The van der Waals surface area contributed by atoms with E-state index in [-0.39, 0.29) is 0 Å². The molecule has 188 valence electrons. The van der Waals surface area contributed by atoms with Crippen molar-refractivity contribution in [2.24, 2.45) is 0 Å². The van der Waals surface area contributed by atoms with Crippen molar-refractivity contribution in [2.45, 2.75) is 83.5 Å². The van der Waals surface area contributed by atoms with Crippen molar-refractivity contribution in [1.29, 1.82) is 0 Å². The number of unbranched alkanes of at least 4 members (excludes halogenated alkanes) is 2. The van der Waals surface area contributed by atoms with E-state index in [0.29, 0.717) is 33.0 Å². The Hall–Kier alpha value is -1.80. The van der Waals surface area contributed by atoms with E-state index in [4.69, 9.17) is 23.7 Å².